The van der Waals surface area contributed by atoms with E-state index < -0.39 is 0 Å². The summed E-state index contributed by atoms with van der Waals surface area (Å²) in [6.45, 7) is 6.29. The Balaban J connectivity index is 1.72. The van der Waals surface area contributed by atoms with Crippen LogP contribution in [0.2, 0.25) is 0 Å². The number of carbonyl (C=O) groups is 1. The number of aromatic nitrogens is 2. The molecule has 1 aromatic carbocycles. The predicted molar refractivity (Wildman–Crippen MR) is 123 cm³/mol. The molecule has 6 nitrogen and oxygen atoms in total. The van der Waals surface area contributed by atoms with Gasteiger partial charge < -0.3 is 14.6 Å². The minimum atomic E-state index is -0.270. The first-order chi connectivity index (χ1) is 15.1. The maximum absolute atomic E-state index is 13.0. The average molecular weight is 421 g/mol. The molecule has 0 spiro atoms. The summed E-state index contributed by atoms with van der Waals surface area (Å²) < 4.78 is 7.40. The number of carbonyl (C=O) groups excluding carboxylic acids is 1. The van der Waals surface area contributed by atoms with Crippen LogP contribution in [0.5, 0.6) is 0 Å². The van der Waals surface area contributed by atoms with E-state index in [2.05, 4.69) is 70.6 Å². The van der Waals surface area contributed by atoms with Crippen LogP contribution in [0.4, 0.5) is 0 Å². The van der Waals surface area contributed by atoms with Crippen LogP contribution in [0.1, 0.15) is 43.0 Å². The van der Waals surface area contributed by atoms with Crippen LogP contribution in [-0.2, 0) is 22.5 Å². The molecule has 6 heteroatoms. The summed E-state index contributed by atoms with van der Waals surface area (Å²) in [5, 5.41) is 7.98. The number of hydrogen-bond donors (Lipinski definition) is 2. The molecule has 2 atom stereocenters. The topological polar surface area (TPSA) is 68.2 Å². The molecule has 2 unspecified atom stereocenters. The second-order valence-electron chi connectivity index (χ2n) is 8.77. The maximum atomic E-state index is 13.0. The molecule has 1 aliphatic rings. The zero-order valence-corrected chi connectivity index (χ0v) is 18.6. The van der Waals surface area contributed by atoms with E-state index in [1.165, 1.54) is 27.6 Å². The van der Waals surface area contributed by atoms with Crippen LogP contribution >= 0.6 is 0 Å². The van der Waals surface area contributed by atoms with Gasteiger partial charge in [-0.05, 0) is 53.6 Å². The molecule has 0 saturated heterocycles. The molecule has 2 N–H and O–H groups in total. The molecule has 3 heterocycles. The second-order valence-corrected chi connectivity index (χ2v) is 8.77. The van der Waals surface area contributed by atoms with Crippen molar-refractivity contribution in [3.8, 4) is 0 Å². The van der Waals surface area contributed by atoms with Crippen molar-refractivity contribution >= 4 is 16.8 Å². The number of nitrogens with zero attached hydrogens (tertiary/aromatic N) is 2. The van der Waals surface area contributed by atoms with Crippen molar-refractivity contribution in [2.75, 3.05) is 20.3 Å². The van der Waals surface area contributed by atoms with E-state index in [1.807, 2.05) is 12.4 Å². The standard InChI is InChI=1S/C25H32N4O2/c1-17(2)13-21-20-5-4-6-23-24(20)19(14-22(28-21)25(30)27-11-12-31-3)16-29(23)15-18-7-9-26-10-8-18/h4-10,16-17,21-22,28H,11-15H2,1-3H3,(H,27,30). The van der Waals surface area contributed by atoms with Crippen molar-refractivity contribution in [3.05, 3.63) is 65.6 Å². The molecule has 0 aliphatic carbocycles. The molecule has 1 aliphatic heterocycles. The Hall–Kier alpha value is -2.70. The lowest BCUT2D eigenvalue weighted by Crippen LogP contribution is -2.47. The highest BCUT2D eigenvalue weighted by molar-refractivity contribution is 5.90. The van der Waals surface area contributed by atoms with Gasteiger partial charge in [-0.25, -0.2) is 0 Å². The second kappa shape index (κ2) is 9.62. The lowest BCUT2D eigenvalue weighted by atomic mass is 9.94. The monoisotopic (exact) mass is 420 g/mol. The minimum absolute atomic E-state index is 0.0358. The molecule has 4 rings (SSSR count). The van der Waals surface area contributed by atoms with E-state index >= 15 is 0 Å². The number of methoxy groups -OCH3 is 1. The fraction of sp³-hybridized carbons (Fsp3) is 0.440. The zero-order valence-electron chi connectivity index (χ0n) is 18.6. The SMILES string of the molecule is COCCNC(=O)C1Cc2cn(Cc3ccncc3)c3cccc(c23)C(CC(C)C)N1. The van der Waals surface area contributed by atoms with Gasteiger partial charge in [0.15, 0.2) is 0 Å². The smallest absolute Gasteiger partial charge is 0.237 e. The first kappa shape index (κ1) is 21.5. The molecule has 164 valence electrons. The van der Waals surface area contributed by atoms with Gasteiger partial charge in [-0.15, -0.1) is 0 Å². The summed E-state index contributed by atoms with van der Waals surface area (Å²) >= 11 is 0. The molecular weight excluding hydrogens is 388 g/mol. The number of amides is 1. The summed E-state index contributed by atoms with van der Waals surface area (Å²) in [4.78, 5) is 17.1. The number of hydrogen-bond acceptors (Lipinski definition) is 4. The van der Waals surface area contributed by atoms with Crippen molar-refractivity contribution < 1.29 is 9.53 Å². The predicted octanol–water partition coefficient (Wildman–Crippen LogP) is 3.45. The first-order valence-corrected chi connectivity index (χ1v) is 11.1. The van der Waals surface area contributed by atoms with Crippen LogP contribution in [0.25, 0.3) is 10.9 Å². The summed E-state index contributed by atoms with van der Waals surface area (Å²) in [6, 6.07) is 10.5. The summed E-state index contributed by atoms with van der Waals surface area (Å²) in [7, 11) is 1.65. The average Bonchev–Trinajstić information content (AvgIpc) is 3.02. The Morgan fingerprint density at radius 1 is 1.29 bits per heavy atom. The van der Waals surface area contributed by atoms with Gasteiger partial charge in [0.2, 0.25) is 5.91 Å². The lowest BCUT2D eigenvalue weighted by molar-refractivity contribution is -0.123. The van der Waals surface area contributed by atoms with Gasteiger partial charge in [-0.3, -0.25) is 15.1 Å². The molecule has 31 heavy (non-hydrogen) atoms. The highest BCUT2D eigenvalue weighted by Crippen LogP contribution is 2.36. The molecule has 1 amide bonds. The number of benzene rings is 1. The van der Waals surface area contributed by atoms with Crippen molar-refractivity contribution in [2.24, 2.45) is 5.92 Å². The normalized spacial score (nSPS) is 18.3. The summed E-state index contributed by atoms with van der Waals surface area (Å²) in [5.41, 5.74) is 4.96. The largest absolute Gasteiger partial charge is 0.383 e. The molecule has 3 aromatic rings. The van der Waals surface area contributed by atoms with Crippen LogP contribution < -0.4 is 10.6 Å². The Kier molecular flexibility index (Phi) is 6.68. The highest BCUT2D eigenvalue weighted by atomic mass is 16.5. The van der Waals surface area contributed by atoms with E-state index in [-0.39, 0.29) is 18.0 Å². The lowest BCUT2D eigenvalue weighted by Gasteiger charge is -2.25. The van der Waals surface area contributed by atoms with Crippen molar-refractivity contribution in [1.82, 2.24) is 20.2 Å². The van der Waals surface area contributed by atoms with Crippen LogP contribution in [0.15, 0.2) is 48.9 Å². The Morgan fingerprint density at radius 2 is 2.10 bits per heavy atom. The van der Waals surface area contributed by atoms with Gasteiger partial charge in [0.05, 0.1) is 12.6 Å². The Bertz CT molecular complexity index is 1030. The summed E-state index contributed by atoms with van der Waals surface area (Å²) in [6.07, 6.45) is 7.54. The van der Waals surface area contributed by atoms with E-state index in [9.17, 15) is 4.79 Å². The van der Waals surface area contributed by atoms with Gasteiger partial charge in [-0.2, -0.15) is 0 Å². The Morgan fingerprint density at radius 3 is 2.84 bits per heavy atom. The van der Waals surface area contributed by atoms with Gasteiger partial charge in [0.25, 0.3) is 0 Å². The van der Waals surface area contributed by atoms with Crippen LogP contribution in [0, 0.1) is 5.92 Å². The van der Waals surface area contributed by atoms with E-state index in [1.54, 1.807) is 7.11 Å². The summed E-state index contributed by atoms with van der Waals surface area (Å²) in [5.74, 6) is 0.555. The maximum Gasteiger partial charge on any atom is 0.237 e. The van der Waals surface area contributed by atoms with E-state index in [0.29, 0.717) is 25.5 Å². The third-order valence-corrected chi connectivity index (χ3v) is 5.95. The van der Waals surface area contributed by atoms with Crippen molar-refractivity contribution in [3.63, 3.8) is 0 Å². The molecule has 0 saturated carbocycles. The Labute approximate surface area is 184 Å². The zero-order chi connectivity index (χ0) is 21.8. The van der Waals surface area contributed by atoms with Gasteiger partial charge in [-0.1, -0.05) is 26.0 Å². The van der Waals surface area contributed by atoms with E-state index in [4.69, 9.17) is 4.74 Å². The quantitative estimate of drug-likeness (QED) is 0.548. The molecule has 2 aromatic heterocycles. The molecule has 0 radical (unpaired) electrons. The van der Waals surface area contributed by atoms with Gasteiger partial charge in [0.1, 0.15) is 0 Å². The van der Waals surface area contributed by atoms with Crippen molar-refractivity contribution in [2.45, 2.75) is 45.3 Å². The number of rotatable bonds is 8. The molecule has 0 bridgehead atoms. The van der Waals surface area contributed by atoms with Crippen LogP contribution in [0.3, 0.4) is 0 Å². The first-order valence-electron chi connectivity index (χ1n) is 11.1. The van der Waals surface area contributed by atoms with Crippen molar-refractivity contribution in [1.29, 1.82) is 0 Å². The van der Waals surface area contributed by atoms with Gasteiger partial charge in [0, 0.05) is 55.7 Å². The number of ether oxygens (including phenoxy) is 1. The fourth-order valence-corrected chi connectivity index (χ4v) is 4.58. The molecule has 0 fully saturated rings. The fourth-order valence-electron chi connectivity index (χ4n) is 4.58. The highest BCUT2D eigenvalue weighted by Gasteiger charge is 2.30. The molecular formula is C25H32N4O2. The third kappa shape index (κ3) is 4.81. The number of pyridine rings is 1. The minimum Gasteiger partial charge on any atom is -0.383 e. The van der Waals surface area contributed by atoms with Crippen LogP contribution in [-0.4, -0.2) is 41.8 Å². The number of nitrogens with one attached hydrogen (secondary N) is 2. The van der Waals surface area contributed by atoms with E-state index in [0.717, 1.165) is 13.0 Å². The third-order valence-electron chi connectivity index (χ3n) is 5.95. The van der Waals surface area contributed by atoms with Gasteiger partial charge >= 0.3 is 0 Å².